The van der Waals surface area contributed by atoms with E-state index in [1.807, 2.05) is 0 Å². The highest BCUT2D eigenvalue weighted by molar-refractivity contribution is 7.19. The van der Waals surface area contributed by atoms with Gasteiger partial charge in [0.2, 0.25) is 0 Å². The number of carbonyl (C=O) groups is 1. The van der Waals surface area contributed by atoms with Crippen LogP contribution < -0.4 is 0 Å². The molecule has 0 aliphatic rings. The van der Waals surface area contributed by atoms with Crippen molar-refractivity contribution >= 4 is 33.3 Å². The lowest BCUT2D eigenvalue weighted by molar-refractivity contribution is -0.155. The molecule has 118 valence electrons. The summed E-state index contributed by atoms with van der Waals surface area (Å²) in [6.45, 7) is 11.7. The van der Waals surface area contributed by atoms with E-state index < -0.39 is 22.6 Å². The Bertz CT molecular complexity index is 762. The molecule has 0 bridgehead atoms. The van der Waals surface area contributed by atoms with E-state index >= 15 is 0 Å². The zero-order valence-corrected chi connectivity index (χ0v) is 12.8. The van der Waals surface area contributed by atoms with Gasteiger partial charge < -0.3 is 9.58 Å². The monoisotopic (exact) mass is 331 g/mol. The average molecular weight is 331 g/mol. The number of alkyl halides is 3. The minimum Gasteiger partial charge on any atom is -0.459 e. The first kappa shape index (κ1) is 16.3. The van der Waals surface area contributed by atoms with E-state index in [4.69, 9.17) is 11.3 Å². The molecule has 2 rings (SSSR count). The minimum absolute atomic E-state index is 0.106. The summed E-state index contributed by atoms with van der Waals surface area (Å²) in [6, 6.07) is 0.895. The van der Waals surface area contributed by atoms with Gasteiger partial charge >= 0.3 is 18.0 Å². The first-order valence-electron chi connectivity index (χ1n) is 6.18. The normalized spacial score (nSPS) is 12.4. The Labute approximate surface area is 128 Å². The van der Waals surface area contributed by atoms with Crippen LogP contribution in [-0.4, -0.2) is 21.4 Å². The molecule has 0 fully saturated rings. The molecule has 5 nitrogen and oxygen atoms in total. The van der Waals surface area contributed by atoms with Crippen LogP contribution in [0, 0.1) is 6.57 Å². The van der Waals surface area contributed by atoms with Crippen LogP contribution in [0.2, 0.25) is 0 Å². The maximum absolute atomic E-state index is 12.8. The summed E-state index contributed by atoms with van der Waals surface area (Å²) in [7, 11) is 0. The molecule has 0 saturated carbocycles. The lowest BCUT2D eigenvalue weighted by atomic mass is 10.2. The number of fused-ring (bicyclic) bond motifs is 1. The van der Waals surface area contributed by atoms with Crippen LogP contribution in [0.4, 0.5) is 19.0 Å². The van der Waals surface area contributed by atoms with Gasteiger partial charge in [0.1, 0.15) is 10.5 Å². The van der Waals surface area contributed by atoms with Crippen molar-refractivity contribution in [2.24, 2.45) is 0 Å². The molecular formula is C13H12F3N3O2S. The van der Waals surface area contributed by atoms with Crippen LogP contribution in [0.25, 0.3) is 15.1 Å². The van der Waals surface area contributed by atoms with E-state index in [0.717, 1.165) is 10.7 Å². The van der Waals surface area contributed by atoms with Crippen molar-refractivity contribution in [1.29, 1.82) is 0 Å². The van der Waals surface area contributed by atoms with Gasteiger partial charge in [-0.1, -0.05) is 6.57 Å². The molecule has 9 heteroatoms. The van der Waals surface area contributed by atoms with Gasteiger partial charge in [-0.3, -0.25) is 0 Å². The molecule has 22 heavy (non-hydrogen) atoms. The molecule has 0 aliphatic carbocycles. The van der Waals surface area contributed by atoms with E-state index in [9.17, 15) is 18.0 Å². The lowest BCUT2D eigenvalue weighted by Gasteiger charge is -2.18. The van der Waals surface area contributed by atoms with Gasteiger partial charge in [0.25, 0.3) is 0 Å². The maximum atomic E-state index is 12.8. The van der Waals surface area contributed by atoms with Gasteiger partial charge in [0.05, 0.1) is 10.2 Å². The summed E-state index contributed by atoms with van der Waals surface area (Å²) in [5.41, 5.74) is -0.605. The summed E-state index contributed by atoms with van der Waals surface area (Å²) in [4.78, 5) is 14.1. The van der Waals surface area contributed by atoms with Crippen LogP contribution in [-0.2, 0) is 22.3 Å². The summed E-state index contributed by atoms with van der Waals surface area (Å²) < 4.78 is 44.6. The Balaban J connectivity index is 2.40. The predicted molar refractivity (Wildman–Crippen MR) is 74.7 cm³/mol. The highest BCUT2D eigenvalue weighted by Gasteiger charge is 2.35. The number of ether oxygens (including phenoxy) is 1. The van der Waals surface area contributed by atoms with E-state index in [0.29, 0.717) is 11.3 Å². The lowest BCUT2D eigenvalue weighted by Crippen LogP contribution is -2.26. The number of carbonyl (C=O) groups excluding carboxylic acids is 1. The van der Waals surface area contributed by atoms with Gasteiger partial charge in [0, 0.05) is 0 Å². The Morgan fingerprint density at radius 3 is 2.59 bits per heavy atom. The van der Waals surface area contributed by atoms with Crippen LogP contribution in [0.3, 0.4) is 0 Å². The Morgan fingerprint density at radius 1 is 1.45 bits per heavy atom. The second-order valence-electron chi connectivity index (χ2n) is 5.50. The topological polar surface area (TPSA) is 48.5 Å². The van der Waals surface area contributed by atoms with Crippen LogP contribution >= 0.6 is 11.3 Å². The van der Waals surface area contributed by atoms with Crippen molar-refractivity contribution in [2.75, 3.05) is 0 Å². The third kappa shape index (κ3) is 3.39. The van der Waals surface area contributed by atoms with Crippen molar-refractivity contribution in [3.05, 3.63) is 22.4 Å². The minimum atomic E-state index is -4.50. The largest absolute Gasteiger partial charge is 0.459 e. The number of rotatable bonds is 2. The van der Waals surface area contributed by atoms with Crippen molar-refractivity contribution in [3.63, 3.8) is 0 Å². The molecule has 2 aromatic heterocycles. The number of halogens is 3. The Hall–Kier alpha value is -2.08. The molecule has 0 unspecified atom stereocenters. The fraction of sp³-hybridized carbons (Fsp3) is 0.462. The Kier molecular flexibility index (Phi) is 3.91. The molecule has 0 N–H and O–H groups in total. The van der Waals surface area contributed by atoms with E-state index in [2.05, 4.69) is 9.94 Å². The van der Waals surface area contributed by atoms with Crippen molar-refractivity contribution in [1.82, 2.24) is 9.78 Å². The highest BCUT2D eigenvalue weighted by atomic mass is 32.1. The van der Waals surface area contributed by atoms with Crippen LogP contribution in [0.1, 0.15) is 25.6 Å². The summed E-state index contributed by atoms with van der Waals surface area (Å²) in [5, 5.41) is 3.87. The quantitative estimate of drug-likeness (QED) is 0.617. The van der Waals surface area contributed by atoms with Gasteiger partial charge in [-0.25, -0.2) is 4.79 Å². The first-order valence-corrected chi connectivity index (χ1v) is 7.00. The van der Waals surface area contributed by atoms with Crippen LogP contribution in [0.15, 0.2) is 6.07 Å². The van der Waals surface area contributed by atoms with Gasteiger partial charge in [-0.2, -0.15) is 17.9 Å². The van der Waals surface area contributed by atoms with Gasteiger partial charge in [0.15, 0.2) is 6.54 Å². The number of thiophene rings is 1. The fourth-order valence-electron chi connectivity index (χ4n) is 1.78. The summed E-state index contributed by atoms with van der Waals surface area (Å²) in [5.74, 6) is -0.785. The predicted octanol–water partition coefficient (Wildman–Crippen LogP) is 4.01. The number of aromatic nitrogens is 2. The van der Waals surface area contributed by atoms with Crippen molar-refractivity contribution in [2.45, 2.75) is 39.1 Å². The third-order valence-electron chi connectivity index (χ3n) is 2.49. The standard InChI is InChI=1S/C13H12F3N3O2S/c1-12(2,3)21-9(20)6-19-7-5-8(13(14,15)16)22-10(7)11(17-4)18-19/h5H,6H2,1-3H3. The molecule has 0 spiro atoms. The van der Waals surface area contributed by atoms with E-state index in [1.165, 1.54) is 0 Å². The first-order chi connectivity index (χ1) is 10.0. The van der Waals surface area contributed by atoms with Gasteiger partial charge in [-0.15, -0.1) is 11.3 Å². The summed E-state index contributed by atoms with van der Waals surface area (Å²) in [6.07, 6.45) is -4.50. The smallest absolute Gasteiger partial charge is 0.425 e. The molecule has 2 aromatic rings. The number of hydrogen-bond donors (Lipinski definition) is 0. The maximum Gasteiger partial charge on any atom is 0.425 e. The zero-order chi connectivity index (χ0) is 16.7. The SMILES string of the molecule is [C-]#[N+]c1nn(CC(=O)OC(C)(C)C)c2cc(C(F)(F)F)sc12. The van der Waals surface area contributed by atoms with E-state index in [-0.39, 0.29) is 22.6 Å². The molecule has 0 aliphatic heterocycles. The second-order valence-corrected chi connectivity index (χ2v) is 6.55. The highest BCUT2D eigenvalue weighted by Crippen LogP contribution is 2.41. The third-order valence-corrected chi connectivity index (χ3v) is 3.66. The molecule has 0 amide bonds. The Morgan fingerprint density at radius 2 is 2.09 bits per heavy atom. The molecular weight excluding hydrogens is 319 g/mol. The number of hydrogen-bond acceptors (Lipinski definition) is 4. The number of esters is 1. The van der Waals surface area contributed by atoms with Crippen molar-refractivity contribution in [3.8, 4) is 0 Å². The molecule has 0 aromatic carbocycles. The van der Waals surface area contributed by atoms with E-state index in [1.54, 1.807) is 20.8 Å². The molecule has 0 radical (unpaired) electrons. The van der Waals surface area contributed by atoms with Crippen LogP contribution in [0.5, 0.6) is 0 Å². The van der Waals surface area contributed by atoms with Crippen molar-refractivity contribution < 1.29 is 22.7 Å². The summed E-state index contributed by atoms with van der Waals surface area (Å²) >= 11 is 0.442. The molecule has 0 atom stereocenters. The van der Waals surface area contributed by atoms with Gasteiger partial charge in [-0.05, 0) is 31.9 Å². The zero-order valence-electron chi connectivity index (χ0n) is 12.0. The average Bonchev–Trinajstić information content (AvgIpc) is 2.86. The fourth-order valence-corrected chi connectivity index (χ4v) is 2.73. The molecule has 0 saturated heterocycles. The second kappa shape index (κ2) is 5.28. The molecule has 2 heterocycles. The number of nitrogens with zero attached hydrogens (tertiary/aromatic N) is 3.